The maximum atomic E-state index is 8.79. The van der Waals surface area contributed by atoms with E-state index in [1.54, 1.807) is 13.2 Å². The Bertz CT molecular complexity index is 1240. The van der Waals surface area contributed by atoms with Gasteiger partial charge < -0.3 is 15.0 Å². The highest BCUT2D eigenvalue weighted by Crippen LogP contribution is 2.31. The number of aromatic nitrogens is 1. The van der Waals surface area contributed by atoms with Gasteiger partial charge in [-0.3, -0.25) is 10.7 Å². The Hall–Kier alpha value is -3.80. The molecule has 0 radical (unpaired) electrons. The molecule has 0 aliphatic carbocycles. The molecule has 0 aliphatic rings. The summed E-state index contributed by atoms with van der Waals surface area (Å²) in [6.45, 7) is 5.33. The zero-order valence-electron chi connectivity index (χ0n) is 18.8. The van der Waals surface area contributed by atoms with Crippen molar-refractivity contribution in [3.05, 3.63) is 108 Å². The van der Waals surface area contributed by atoms with E-state index >= 15 is 0 Å². The summed E-state index contributed by atoms with van der Waals surface area (Å²) < 4.78 is 5.31. The Morgan fingerprint density at radius 2 is 1.79 bits per heavy atom. The highest BCUT2D eigenvalue weighted by molar-refractivity contribution is 5.90. The Balaban J connectivity index is 1.42. The summed E-state index contributed by atoms with van der Waals surface area (Å²) in [6, 6.07) is 25.0. The number of aromatic amines is 1. The highest BCUT2D eigenvalue weighted by atomic mass is 16.5. The molecule has 4 N–H and O–H groups in total. The first-order valence-corrected chi connectivity index (χ1v) is 11.0. The molecule has 0 amide bonds. The van der Waals surface area contributed by atoms with Crippen LogP contribution in [0.25, 0.3) is 28.2 Å². The van der Waals surface area contributed by atoms with Gasteiger partial charge in [0.25, 0.3) is 0 Å². The van der Waals surface area contributed by atoms with Crippen LogP contribution in [0.15, 0.2) is 91.1 Å². The van der Waals surface area contributed by atoms with Gasteiger partial charge in [0.05, 0.1) is 12.8 Å². The summed E-state index contributed by atoms with van der Waals surface area (Å²) >= 11 is 0. The molecular weight excluding hydrogens is 410 g/mol. The van der Waals surface area contributed by atoms with Crippen molar-refractivity contribution in [1.29, 1.82) is 0 Å². The van der Waals surface area contributed by atoms with Crippen LogP contribution in [0.2, 0.25) is 0 Å². The maximum Gasteiger partial charge on any atom is 0.118 e. The second-order valence-corrected chi connectivity index (χ2v) is 7.89. The standard InChI is InChI=1S/C28H29N3O2/c1-20(31-32)7-8-21-9-11-22(12-10-21)19-29-18-17-26-25-5-3-4-6-27(25)30-28(26)23-13-15-24(33-2)16-14-23/h3-16,29-32H,1,17-19H2,2H3/b8-7+. The third-order valence-electron chi connectivity index (χ3n) is 5.67. The molecule has 1 heterocycles. The average molecular weight is 440 g/mol. The predicted octanol–water partition coefficient (Wildman–Crippen LogP) is 5.68. The maximum absolute atomic E-state index is 8.79. The van der Waals surface area contributed by atoms with Crippen LogP contribution in [0, 0.1) is 0 Å². The summed E-state index contributed by atoms with van der Waals surface area (Å²) in [5, 5.41) is 13.6. The van der Waals surface area contributed by atoms with Crippen LogP contribution < -0.4 is 15.5 Å². The number of hydroxylamine groups is 1. The predicted molar refractivity (Wildman–Crippen MR) is 135 cm³/mol. The van der Waals surface area contributed by atoms with Crippen LogP contribution in [-0.2, 0) is 13.0 Å². The van der Waals surface area contributed by atoms with E-state index in [0.717, 1.165) is 47.6 Å². The second kappa shape index (κ2) is 10.7. The molecule has 5 heteroatoms. The summed E-state index contributed by atoms with van der Waals surface area (Å²) in [4.78, 5) is 3.61. The van der Waals surface area contributed by atoms with Crippen LogP contribution in [0.5, 0.6) is 5.75 Å². The largest absolute Gasteiger partial charge is 0.497 e. The molecule has 3 aromatic carbocycles. The number of hydrogen-bond acceptors (Lipinski definition) is 4. The van der Waals surface area contributed by atoms with Crippen molar-refractivity contribution >= 4 is 17.0 Å². The number of hydrogen-bond donors (Lipinski definition) is 4. The smallest absolute Gasteiger partial charge is 0.118 e. The van der Waals surface area contributed by atoms with E-state index in [0.29, 0.717) is 5.70 Å². The lowest BCUT2D eigenvalue weighted by Crippen LogP contribution is -2.16. The molecule has 1 aromatic heterocycles. The highest BCUT2D eigenvalue weighted by Gasteiger charge is 2.13. The molecule has 0 fully saturated rings. The lowest BCUT2D eigenvalue weighted by Gasteiger charge is -2.09. The van der Waals surface area contributed by atoms with E-state index in [9.17, 15) is 0 Å². The van der Waals surface area contributed by atoms with Gasteiger partial charge in [-0.1, -0.05) is 55.1 Å². The van der Waals surface area contributed by atoms with Crippen LogP contribution in [0.3, 0.4) is 0 Å². The third-order valence-corrected chi connectivity index (χ3v) is 5.67. The lowest BCUT2D eigenvalue weighted by atomic mass is 10.0. The molecule has 4 aromatic rings. The van der Waals surface area contributed by atoms with Crippen molar-refractivity contribution in [3.8, 4) is 17.0 Å². The molecule has 0 unspecified atom stereocenters. The first-order chi connectivity index (χ1) is 16.2. The summed E-state index contributed by atoms with van der Waals surface area (Å²) in [7, 11) is 1.69. The van der Waals surface area contributed by atoms with Gasteiger partial charge in [-0.2, -0.15) is 0 Å². The second-order valence-electron chi connectivity index (χ2n) is 7.89. The zero-order chi connectivity index (χ0) is 23.0. The zero-order valence-corrected chi connectivity index (χ0v) is 18.8. The Kier molecular flexibility index (Phi) is 7.25. The number of H-pyrrole nitrogens is 1. The van der Waals surface area contributed by atoms with E-state index in [1.807, 2.05) is 23.7 Å². The van der Waals surface area contributed by atoms with E-state index in [-0.39, 0.29) is 0 Å². The Morgan fingerprint density at radius 1 is 1.03 bits per heavy atom. The number of benzene rings is 3. The minimum absolute atomic E-state index is 0.451. The number of methoxy groups -OCH3 is 1. The normalized spacial score (nSPS) is 11.2. The van der Waals surface area contributed by atoms with Crippen molar-refractivity contribution in [1.82, 2.24) is 15.8 Å². The Labute approximate surface area is 194 Å². The molecule has 0 atom stereocenters. The molecule has 5 nitrogen and oxygen atoms in total. The molecule has 0 spiro atoms. The monoisotopic (exact) mass is 439 g/mol. The van der Waals surface area contributed by atoms with E-state index in [1.165, 1.54) is 16.5 Å². The number of fused-ring (bicyclic) bond motifs is 1. The molecule has 0 bridgehead atoms. The fourth-order valence-electron chi connectivity index (χ4n) is 3.89. The van der Waals surface area contributed by atoms with E-state index < -0.39 is 0 Å². The van der Waals surface area contributed by atoms with Gasteiger partial charge in [-0.25, -0.2) is 0 Å². The van der Waals surface area contributed by atoms with Crippen LogP contribution in [-0.4, -0.2) is 23.8 Å². The van der Waals surface area contributed by atoms with Crippen LogP contribution in [0.1, 0.15) is 16.7 Å². The van der Waals surface area contributed by atoms with Gasteiger partial charge >= 0.3 is 0 Å². The number of para-hydroxylation sites is 1. The van der Waals surface area contributed by atoms with E-state index in [2.05, 4.69) is 77.5 Å². The van der Waals surface area contributed by atoms with Crippen molar-refractivity contribution in [2.45, 2.75) is 13.0 Å². The van der Waals surface area contributed by atoms with Crippen molar-refractivity contribution in [3.63, 3.8) is 0 Å². The Morgan fingerprint density at radius 3 is 2.52 bits per heavy atom. The molecule has 168 valence electrons. The van der Waals surface area contributed by atoms with Gasteiger partial charge in [-0.05, 0) is 71.6 Å². The first-order valence-electron chi connectivity index (χ1n) is 11.0. The van der Waals surface area contributed by atoms with Gasteiger partial charge in [0.15, 0.2) is 0 Å². The van der Waals surface area contributed by atoms with Crippen LogP contribution in [0.4, 0.5) is 0 Å². The van der Waals surface area contributed by atoms with Gasteiger partial charge in [0.2, 0.25) is 0 Å². The van der Waals surface area contributed by atoms with Crippen molar-refractivity contribution in [2.75, 3.05) is 13.7 Å². The van der Waals surface area contributed by atoms with Gasteiger partial charge in [0, 0.05) is 23.1 Å². The molecular formula is C28H29N3O2. The first kappa shape index (κ1) is 22.4. The fraction of sp³-hybridized carbons (Fsp3) is 0.143. The molecule has 0 saturated heterocycles. The van der Waals surface area contributed by atoms with Gasteiger partial charge in [-0.15, -0.1) is 0 Å². The van der Waals surface area contributed by atoms with Crippen molar-refractivity contribution < 1.29 is 9.94 Å². The van der Waals surface area contributed by atoms with E-state index in [4.69, 9.17) is 9.94 Å². The molecule has 33 heavy (non-hydrogen) atoms. The number of allylic oxidation sites excluding steroid dienone is 1. The number of rotatable bonds is 10. The minimum atomic E-state index is 0.451. The fourth-order valence-corrected chi connectivity index (χ4v) is 3.89. The summed E-state index contributed by atoms with van der Waals surface area (Å²) in [5.74, 6) is 0.856. The molecule has 0 aliphatic heterocycles. The van der Waals surface area contributed by atoms with Crippen molar-refractivity contribution in [2.24, 2.45) is 0 Å². The summed E-state index contributed by atoms with van der Waals surface area (Å²) in [5.41, 5.74) is 9.55. The van der Waals surface area contributed by atoms with Gasteiger partial charge in [0.1, 0.15) is 5.75 Å². The minimum Gasteiger partial charge on any atom is -0.497 e. The number of nitrogens with one attached hydrogen (secondary N) is 3. The lowest BCUT2D eigenvalue weighted by molar-refractivity contribution is 0.205. The summed E-state index contributed by atoms with van der Waals surface area (Å²) in [6.07, 6.45) is 4.55. The topological polar surface area (TPSA) is 69.3 Å². The number of ether oxygens (including phenoxy) is 1. The molecule has 0 saturated carbocycles. The van der Waals surface area contributed by atoms with Crippen LogP contribution >= 0.6 is 0 Å². The average Bonchev–Trinajstić information content (AvgIpc) is 3.24. The molecule has 4 rings (SSSR count). The SMILES string of the molecule is C=C(/C=C/c1ccc(CNCCc2c(-c3ccc(OC)cc3)[nH]c3ccccc23)cc1)NO. The third kappa shape index (κ3) is 5.52. The quantitative estimate of drug-likeness (QED) is 0.146.